The van der Waals surface area contributed by atoms with E-state index in [1.54, 1.807) is 26.4 Å². The van der Waals surface area contributed by atoms with Gasteiger partial charge in [-0.05, 0) is 61.2 Å². The highest BCUT2D eigenvalue weighted by Gasteiger charge is 2.23. The zero-order chi connectivity index (χ0) is 20.7. The summed E-state index contributed by atoms with van der Waals surface area (Å²) in [5.41, 5.74) is 1.86. The SMILES string of the molecule is CC[C@H](Oc1ccc(Cl)c(C)c1)C(=O)N[C@@H](CC)c1ccc(OC)c(OC)c1. The number of amides is 1. The summed E-state index contributed by atoms with van der Waals surface area (Å²) in [5, 5.41) is 3.75. The molecule has 5 nitrogen and oxygen atoms in total. The summed E-state index contributed by atoms with van der Waals surface area (Å²) in [6, 6.07) is 10.9. The lowest BCUT2D eigenvalue weighted by molar-refractivity contribution is -0.128. The smallest absolute Gasteiger partial charge is 0.261 e. The molecule has 0 fully saturated rings. The third kappa shape index (κ3) is 5.32. The Morgan fingerprint density at radius 3 is 2.32 bits per heavy atom. The number of benzene rings is 2. The van der Waals surface area contributed by atoms with Crippen LogP contribution in [0.4, 0.5) is 0 Å². The van der Waals surface area contributed by atoms with Crippen LogP contribution < -0.4 is 19.5 Å². The fourth-order valence-corrected chi connectivity index (χ4v) is 3.05. The average Bonchev–Trinajstić information content (AvgIpc) is 2.71. The minimum Gasteiger partial charge on any atom is -0.493 e. The van der Waals surface area contributed by atoms with Gasteiger partial charge >= 0.3 is 0 Å². The highest BCUT2D eigenvalue weighted by atomic mass is 35.5. The summed E-state index contributed by atoms with van der Waals surface area (Å²) < 4.78 is 16.6. The fraction of sp³-hybridized carbons (Fsp3) is 0.409. The van der Waals surface area contributed by atoms with Crippen molar-refractivity contribution >= 4 is 17.5 Å². The molecule has 0 aliphatic carbocycles. The molecule has 0 saturated heterocycles. The number of ether oxygens (including phenoxy) is 3. The van der Waals surface area contributed by atoms with E-state index in [4.69, 9.17) is 25.8 Å². The van der Waals surface area contributed by atoms with Crippen molar-refractivity contribution in [2.45, 2.75) is 45.8 Å². The van der Waals surface area contributed by atoms with E-state index in [9.17, 15) is 4.79 Å². The molecule has 0 spiro atoms. The Morgan fingerprint density at radius 1 is 1.04 bits per heavy atom. The molecule has 1 amide bonds. The van der Waals surface area contributed by atoms with E-state index in [-0.39, 0.29) is 11.9 Å². The van der Waals surface area contributed by atoms with Gasteiger partial charge in [0.25, 0.3) is 5.91 Å². The van der Waals surface area contributed by atoms with E-state index in [1.165, 1.54) is 0 Å². The minimum atomic E-state index is -0.588. The molecule has 152 valence electrons. The molecule has 28 heavy (non-hydrogen) atoms. The highest BCUT2D eigenvalue weighted by molar-refractivity contribution is 6.31. The second-order valence-corrected chi connectivity index (χ2v) is 6.92. The molecule has 0 radical (unpaired) electrons. The van der Waals surface area contributed by atoms with Crippen LogP contribution >= 0.6 is 11.6 Å². The molecule has 0 aromatic heterocycles. The maximum absolute atomic E-state index is 12.8. The van der Waals surface area contributed by atoms with Gasteiger partial charge in [-0.25, -0.2) is 0 Å². The Labute approximate surface area is 171 Å². The fourth-order valence-electron chi connectivity index (χ4n) is 2.93. The summed E-state index contributed by atoms with van der Waals surface area (Å²) in [7, 11) is 3.19. The maximum Gasteiger partial charge on any atom is 0.261 e. The number of nitrogens with one attached hydrogen (secondary N) is 1. The molecule has 0 saturated carbocycles. The van der Waals surface area contributed by atoms with Crippen molar-refractivity contribution < 1.29 is 19.0 Å². The molecule has 2 aromatic rings. The maximum atomic E-state index is 12.8. The van der Waals surface area contributed by atoms with Crippen LogP contribution in [0.2, 0.25) is 5.02 Å². The van der Waals surface area contributed by atoms with Crippen molar-refractivity contribution in [3.05, 3.63) is 52.5 Å². The number of aryl methyl sites for hydroxylation is 1. The van der Waals surface area contributed by atoms with E-state index < -0.39 is 6.10 Å². The van der Waals surface area contributed by atoms with Gasteiger partial charge in [-0.15, -0.1) is 0 Å². The van der Waals surface area contributed by atoms with Gasteiger partial charge in [0.15, 0.2) is 17.6 Å². The molecule has 2 atom stereocenters. The normalized spacial score (nSPS) is 12.8. The number of hydrogen-bond acceptors (Lipinski definition) is 4. The monoisotopic (exact) mass is 405 g/mol. The summed E-state index contributed by atoms with van der Waals surface area (Å²) in [4.78, 5) is 12.8. The number of carbonyl (C=O) groups is 1. The van der Waals surface area contributed by atoms with Gasteiger partial charge in [0.1, 0.15) is 5.75 Å². The van der Waals surface area contributed by atoms with Gasteiger partial charge < -0.3 is 19.5 Å². The number of methoxy groups -OCH3 is 2. The Kier molecular flexibility index (Phi) is 8.00. The Balaban J connectivity index is 2.13. The predicted molar refractivity (Wildman–Crippen MR) is 112 cm³/mol. The first-order chi connectivity index (χ1) is 13.4. The molecule has 2 aromatic carbocycles. The molecule has 0 bridgehead atoms. The zero-order valence-electron chi connectivity index (χ0n) is 17.0. The van der Waals surface area contributed by atoms with Crippen molar-refractivity contribution in [3.8, 4) is 17.2 Å². The lowest BCUT2D eigenvalue weighted by atomic mass is 10.0. The van der Waals surface area contributed by atoms with Gasteiger partial charge in [-0.1, -0.05) is 31.5 Å². The molecule has 2 rings (SSSR count). The Morgan fingerprint density at radius 2 is 1.75 bits per heavy atom. The topological polar surface area (TPSA) is 56.8 Å². The second-order valence-electron chi connectivity index (χ2n) is 6.51. The lowest BCUT2D eigenvalue weighted by Gasteiger charge is -2.23. The summed E-state index contributed by atoms with van der Waals surface area (Å²) in [5.74, 6) is 1.76. The van der Waals surface area contributed by atoms with Crippen LogP contribution in [0.3, 0.4) is 0 Å². The first kappa shape index (κ1) is 21.9. The highest BCUT2D eigenvalue weighted by Crippen LogP contribution is 2.31. The van der Waals surface area contributed by atoms with E-state index in [0.29, 0.717) is 28.7 Å². The number of hydrogen-bond donors (Lipinski definition) is 1. The van der Waals surface area contributed by atoms with Crippen molar-refractivity contribution in [1.82, 2.24) is 5.32 Å². The van der Waals surface area contributed by atoms with E-state index in [2.05, 4.69) is 5.32 Å². The Bertz CT molecular complexity index is 809. The lowest BCUT2D eigenvalue weighted by Crippen LogP contribution is -2.40. The molecule has 6 heteroatoms. The molecule has 0 heterocycles. The third-order valence-corrected chi connectivity index (χ3v) is 5.03. The third-order valence-electron chi connectivity index (χ3n) is 4.61. The van der Waals surface area contributed by atoms with E-state index in [1.807, 2.05) is 45.0 Å². The van der Waals surface area contributed by atoms with Crippen LogP contribution in [0.15, 0.2) is 36.4 Å². The summed E-state index contributed by atoms with van der Waals surface area (Å²) >= 11 is 6.06. The predicted octanol–water partition coefficient (Wildman–Crippen LogP) is 5.09. The summed E-state index contributed by atoms with van der Waals surface area (Å²) in [6.45, 7) is 5.84. The largest absolute Gasteiger partial charge is 0.493 e. The van der Waals surface area contributed by atoms with Crippen molar-refractivity contribution in [1.29, 1.82) is 0 Å². The number of halogens is 1. The van der Waals surface area contributed by atoms with E-state index >= 15 is 0 Å². The molecule has 0 unspecified atom stereocenters. The van der Waals surface area contributed by atoms with Crippen LogP contribution in [-0.2, 0) is 4.79 Å². The minimum absolute atomic E-state index is 0.156. The van der Waals surface area contributed by atoms with Crippen LogP contribution in [-0.4, -0.2) is 26.2 Å². The van der Waals surface area contributed by atoms with Crippen LogP contribution in [0.25, 0.3) is 0 Å². The molecular formula is C22H28ClNO4. The average molecular weight is 406 g/mol. The van der Waals surface area contributed by atoms with Gasteiger partial charge in [0, 0.05) is 5.02 Å². The van der Waals surface area contributed by atoms with Gasteiger partial charge in [-0.3, -0.25) is 4.79 Å². The van der Waals surface area contributed by atoms with Crippen LogP contribution in [0.5, 0.6) is 17.2 Å². The van der Waals surface area contributed by atoms with Crippen LogP contribution in [0, 0.1) is 6.92 Å². The molecule has 0 aliphatic heterocycles. The van der Waals surface area contributed by atoms with Crippen molar-refractivity contribution in [2.75, 3.05) is 14.2 Å². The zero-order valence-corrected chi connectivity index (χ0v) is 17.8. The van der Waals surface area contributed by atoms with Gasteiger partial charge in [0.05, 0.1) is 20.3 Å². The van der Waals surface area contributed by atoms with Gasteiger partial charge in [0.2, 0.25) is 0 Å². The van der Waals surface area contributed by atoms with Crippen molar-refractivity contribution in [2.24, 2.45) is 0 Å². The van der Waals surface area contributed by atoms with Crippen molar-refractivity contribution in [3.63, 3.8) is 0 Å². The second kappa shape index (κ2) is 10.2. The number of rotatable bonds is 9. The molecular weight excluding hydrogens is 378 g/mol. The molecule has 0 aliphatic rings. The molecule has 1 N–H and O–H groups in total. The number of carbonyl (C=O) groups excluding carboxylic acids is 1. The van der Waals surface area contributed by atoms with E-state index in [0.717, 1.165) is 17.5 Å². The summed E-state index contributed by atoms with van der Waals surface area (Å²) in [6.07, 6.45) is 0.697. The first-order valence-electron chi connectivity index (χ1n) is 9.38. The standard InChI is InChI=1S/C22H28ClNO4/c1-6-18(15-8-11-20(26-4)21(13-15)27-5)24-22(25)19(7-2)28-16-9-10-17(23)14(3)12-16/h8-13,18-19H,6-7H2,1-5H3,(H,24,25)/t18-,19-/m0/s1. The Hall–Kier alpha value is -2.40. The quantitative estimate of drug-likeness (QED) is 0.631. The van der Waals surface area contributed by atoms with Crippen LogP contribution in [0.1, 0.15) is 43.9 Å². The van der Waals surface area contributed by atoms with Gasteiger partial charge in [-0.2, -0.15) is 0 Å². The first-order valence-corrected chi connectivity index (χ1v) is 9.76.